The van der Waals surface area contributed by atoms with Gasteiger partial charge in [-0.05, 0) is 12.8 Å². The van der Waals surface area contributed by atoms with Gasteiger partial charge in [-0.15, -0.1) is 0 Å². The highest BCUT2D eigenvalue weighted by molar-refractivity contribution is 5.76. The first-order valence-corrected chi connectivity index (χ1v) is 26.7. The van der Waals surface area contributed by atoms with Crippen LogP contribution in [-0.4, -0.2) is 34.9 Å². The monoisotopic (exact) mass is 806 g/mol. The van der Waals surface area contributed by atoms with Crippen LogP contribution in [0, 0.1) is 0 Å². The molecule has 0 bridgehead atoms. The molecule has 57 heavy (non-hydrogen) atoms. The second-order valence-corrected chi connectivity index (χ2v) is 18.7. The molecule has 4 heteroatoms. The molecule has 342 valence electrons. The lowest BCUT2D eigenvalue weighted by Crippen LogP contribution is -2.45. The normalized spacial score (nSPS) is 12.7. The van der Waals surface area contributed by atoms with Gasteiger partial charge >= 0.3 is 0 Å². The van der Waals surface area contributed by atoms with Gasteiger partial charge in [0.1, 0.15) is 0 Å². The number of carbonyl (C=O) groups is 1. The molecule has 0 aliphatic heterocycles. The van der Waals surface area contributed by atoms with E-state index in [0.29, 0.717) is 12.8 Å². The molecule has 3 N–H and O–H groups in total. The van der Waals surface area contributed by atoms with Gasteiger partial charge in [-0.2, -0.15) is 0 Å². The van der Waals surface area contributed by atoms with E-state index in [1.807, 2.05) is 0 Å². The topological polar surface area (TPSA) is 69.6 Å². The minimum absolute atomic E-state index is 0.0245. The second kappa shape index (κ2) is 49.8. The second-order valence-electron chi connectivity index (χ2n) is 18.7. The summed E-state index contributed by atoms with van der Waals surface area (Å²) in [5, 5.41) is 23.2. The molecule has 0 spiro atoms. The summed E-state index contributed by atoms with van der Waals surface area (Å²) >= 11 is 0. The Kier molecular flexibility index (Phi) is 49.2. The Hall–Kier alpha value is -0.610. The molecule has 0 fully saturated rings. The molecule has 0 aromatic heterocycles. The third-order valence-electron chi connectivity index (χ3n) is 12.9. The van der Waals surface area contributed by atoms with Crippen LogP contribution >= 0.6 is 0 Å². The average Bonchev–Trinajstić information content (AvgIpc) is 3.22. The average molecular weight is 806 g/mol. The molecule has 2 atom stereocenters. The number of aliphatic hydroxyl groups excluding tert-OH is 2. The molecule has 0 saturated heterocycles. The van der Waals surface area contributed by atoms with E-state index in [0.717, 1.165) is 25.7 Å². The summed E-state index contributed by atoms with van der Waals surface area (Å²) in [5.41, 5.74) is 0. The van der Waals surface area contributed by atoms with Gasteiger partial charge in [0.05, 0.1) is 18.8 Å². The van der Waals surface area contributed by atoms with E-state index >= 15 is 0 Å². The Bertz CT molecular complexity index is 744. The molecule has 0 aliphatic rings. The lowest BCUT2D eigenvalue weighted by atomic mass is 10.0. The third-order valence-corrected chi connectivity index (χ3v) is 12.9. The molecular formula is C53H107NO3. The Morgan fingerprint density at radius 3 is 0.789 bits per heavy atom. The maximum atomic E-state index is 12.4. The number of hydrogen-bond donors (Lipinski definition) is 3. The van der Waals surface area contributed by atoms with Crippen molar-refractivity contribution in [2.24, 2.45) is 0 Å². The fraction of sp³-hybridized carbons (Fsp3) is 0.981. The van der Waals surface area contributed by atoms with Gasteiger partial charge in [0.25, 0.3) is 0 Å². The van der Waals surface area contributed by atoms with Gasteiger partial charge in [-0.25, -0.2) is 0 Å². The molecule has 0 aromatic carbocycles. The standard InChI is InChI=1S/C53H107NO3/c1-3-5-7-9-11-13-15-17-18-19-20-21-22-23-24-25-26-27-28-29-30-31-32-33-34-35-36-37-39-41-43-45-47-49-53(57)54-51(50-55)52(56)48-46-44-42-40-38-16-14-12-10-8-6-4-2/h51-52,55-56H,3-50H2,1-2H3,(H,54,57). The van der Waals surface area contributed by atoms with Gasteiger partial charge in [0.15, 0.2) is 0 Å². The highest BCUT2D eigenvalue weighted by Crippen LogP contribution is 2.18. The van der Waals surface area contributed by atoms with Crippen LogP contribution in [0.15, 0.2) is 0 Å². The predicted octanol–water partition coefficient (Wildman–Crippen LogP) is 17.2. The molecule has 0 aromatic rings. The fourth-order valence-corrected chi connectivity index (χ4v) is 8.78. The van der Waals surface area contributed by atoms with E-state index in [2.05, 4.69) is 19.2 Å². The summed E-state index contributed by atoms with van der Waals surface area (Å²) < 4.78 is 0. The van der Waals surface area contributed by atoms with E-state index in [1.165, 1.54) is 263 Å². The summed E-state index contributed by atoms with van der Waals surface area (Å²) in [6.45, 7) is 4.38. The number of aliphatic hydroxyl groups is 2. The molecule has 0 rings (SSSR count). The minimum Gasteiger partial charge on any atom is -0.394 e. The molecule has 0 radical (unpaired) electrons. The highest BCUT2D eigenvalue weighted by atomic mass is 16.3. The Labute approximate surface area is 359 Å². The van der Waals surface area contributed by atoms with Crippen LogP contribution in [0.1, 0.15) is 316 Å². The quantitative estimate of drug-likeness (QED) is 0.0536. The summed E-state index contributed by atoms with van der Waals surface area (Å²) in [6, 6.07) is -0.529. The van der Waals surface area contributed by atoms with Gasteiger partial charge in [0.2, 0.25) is 5.91 Å². The van der Waals surface area contributed by atoms with Gasteiger partial charge < -0.3 is 15.5 Å². The largest absolute Gasteiger partial charge is 0.394 e. The van der Waals surface area contributed by atoms with E-state index in [9.17, 15) is 15.0 Å². The molecule has 0 heterocycles. The van der Waals surface area contributed by atoms with Gasteiger partial charge in [0, 0.05) is 6.42 Å². The Balaban J connectivity index is 3.33. The zero-order valence-corrected chi connectivity index (χ0v) is 39.4. The van der Waals surface area contributed by atoms with Gasteiger partial charge in [-0.3, -0.25) is 4.79 Å². The van der Waals surface area contributed by atoms with E-state index in [1.54, 1.807) is 0 Å². The van der Waals surface area contributed by atoms with Crippen LogP contribution in [0.4, 0.5) is 0 Å². The number of hydrogen-bond acceptors (Lipinski definition) is 3. The SMILES string of the molecule is CCCCCCCCCCCCCCCCCCCCCCCCCCCCCCCCCCCC(=O)NC(CO)C(O)CCCCCCCCCCCCCC. The van der Waals surface area contributed by atoms with Crippen LogP contribution in [0.5, 0.6) is 0 Å². The van der Waals surface area contributed by atoms with Crippen molar-refractivity contribution in [3.63, 3.8) is 0 Å². The molecular weight excluding hydrogens is 699 g/mol. The number of carbonyl (C=O) groups excluding carboxylic acids is 1. The van der Waals surface area contributed by atoms with Crippen molar-refractivity contribution in [2.75, 3.05) is 6.61 Å². The molecule has 0 saturated carbocycles. The maximum Gasteiger partial charge on any atom is 0.220 e. The number of amides is 1. The van der Waals surface area contributed by atoms with E-state index in [4.69, 9.17) is 0 Å². The number of unbranched alkanes of at least 4 members (excludes halogenated alkanes) is 43. The number of rotatable bonds is 50. The van der Waals surface area contributed by atoms with E-state index < -0.39 is 12.1 Å². The smallest absolute Gasteiger partial charge is 0.220 e. The van der Waals surface area contributed by atoms with Crippen molar-refractivity contribution < 1.29 is 15.0 Å². The lowest BCUT2D eigenvalue weighted by molar-refractivity contribution is -0.123. The van der Waals surface area contributed by atoms with E-state index in [-0.39, 0.29) is 12.5 Å². The Morgan fingerprint density at radius 2 is 0.561 bits per heavy atom. The first-order valence-electron chi connectivity index (χ1n) is 26.7. The van der Waals surface area contributed by atoms with Crippen molar-refractivity contribution in [3.05, 3.63) is 0 Å². The van der Waals surface area contributed by atoms with Crippen molar-refractivity contribution in [3.8, 4) is 0 Å². The maximum absolute atomic E-state index is 12.4. The minimum atomic E-state index is -0.653. The highest BCUT2D eigenvalue weighted by Gasteiger charge is 2.20. The fourth-order valence-electron chi connectivity index (χ4n) is 8.78. The first kappa shape index (κ1) is 56.4. The van der Waals surface area contributed by atoms with Crippen molar-refractivity contribution in [1.82, 2.24) is 5.32 Å². The summed E-state index contributed by atoms with van der Waals surface area (Å²) in [7, 11) is 0. The Morgan fingerprint density at radius 1 is 0.351 bits per heavy atom. The van der Waals surface area contributed by atoms with Crippen LogP contribution in [-0.2, 0) is 4.79 Å². The van der Waals surface area contributed by atoms with Crippen molar-refractivity contribution >= 4 is 5.91 Å². The summed E-state index contributed by atoms with van der Waals surface area (Å²) in [4.78, 5) is 12.4. The number of nitrogens with one attached hydrogen (secondary N) is 1. The van der Waals surface area contributed by atoms with Gasteiger partial charge in [-0.1, -0.05) is 296 Å². The molecule has 0 aliphatic carbocycles. The predicted molar refractivity (Wildman–Crippen MR) is 253 cm³/mol. The zero-order chi connectivity index (χ0) is 41.4. The molecule has 4 nitrogen and oxygen atoms in total. The van der Waals surface area contributed by atoms with Crippen LogP contribution in [0.2, 0.25) is 0 Å². The zero-order valence-electron chi connectivity index (χ0n) is 39.4. The lowest BCUT2D eigenvalue weighted by Gasteiger charge is -2.22. The summed E-state index contributed by atoms with van der Waals surface area (Å²) in [6.07, 6.45) is 62.4. The van der Waals surface area contributed by atoms with Crippen molar-refractivity contribution in [2.45, 2.75) is 328 Å². The third kappa shape index (κ3) is 46.3. The van der Waals surface area contributed by atoms with Crippen LogP contribution in [0.3, 0.4) is 0 Å². The first-order chi connectivity index (χ1) is 28.2. The summed E-state index contributed by atoms with van der Waals surface area (Å²) in [5.74, 6) is -0.0245. The van der Waals surface area contributed by atoms with Crippen LogP contribution < -0.4 is 5.32 Å². The molecule has 2 unspecified atom stereocenters. The molecule has 1 amide bonds. The van der Waals surface area contributed by atoms with Crippen molar-refractivity contribution in [1.29, 1.82) is 0 Å². The van der Waals surface area contributed by atoms with Crippen LogP contribution in [0.25, 0.3) is 0 Å².